The summed E-state index contributed by atoms with van der Waals surface area (Å²) in [6.07, 6.45) is 12.0. The quantitative estimate of drug-likeness (QED) is 0.300. The summed E-state index contributed by atoms with van der Waals surface area (Å²) in [5.41, 5.74) is 7.46. The van der Waals surface area contributed by atoms with Crippen LogP contribution in [0.2, 0.25) is 0 Å². The first-order chi connectivity index (χ1) is 17.4. The van der Waals surface area contributed by atoms with E-state index in [4.69, 9.17) is 0 Å². The molecule has 2 aromatic carbocycles. The van der Waals surface area contributed by atoms with Crippen molar-refractivity contribution in [1.29, 1.82) is 0 Å². The van der Waals surface area contributed by atoms with Gasteiger partial charge >= 0.3 is 0 Å². The third-order valence-corrected chi connectivity index (χ3v) is 7.24. The summed E-state index contributed by atoms with van der Waals surface area (Å²) in [5.74, 6) is -0.939. The number of phenols is 2. The summed E-state index contributed by atoms with van der Waals surface area (Å²) in [7, 11) is 0. The fraction of sp³-hybridized carbons (Fsp3) is 0.424. The van der Waals surface area contributed by atoms with E-state index in [1.165, 1.54) is 22.8 Å². The lowest BCUT2D eigenvalue weighted by atomic mass is 9.78. The number of rotatable bonds is 9. The van der Waals surface area contributed by atoms with Gasteiger partial charge in [0.25, 0.3) is 0 Å². The van der Waals surface area contributed by atoms with Gasteiger partial charge in [0.05, 0.1) is 10.9 Å². The first-order valence-electron chi connectivity index (χ1n) is 13.3. The van der Waals surface area contributed by atoms with Crippen LogP contribution >= 0.6 is 0 Å². The van der Waals surface area contributed by atoms with Crippen molar-refractivity contribution in [2.45, 2.75) is 92.9 Å². The van der Waals surface area contributed by atoms with Crippen LogP contribution in [0.25, 0.3) is 16.5 Å². The summed E-state index contributed by atoms with van der Waals surface area (Å²) >= 11 is 0. The van der Waals surface area contributed by atoms with E-state index >= 15 is 0 Å². The lowest BCUT2D eigenvalue weighted by Crippen LogP contribution is -2.18. The van der Waals surface area contributed by atoms with Gasteiger partial charge in [0.1, 0.15) is 17.3 Å². The molecule has 3 rings (SSSR count). The zero-order valence-electron chi connectivity index (χ0n) is 23.5. The third kappa shape index (κ3) is 6.18. The SMILES string of the molecule is CC(C)=CCCc1c(C)c(CCC=C(C)C)c2cc3c(c(O)c2c1O)C(O)=CC(=O)[C@@H]3CCC=C(C)C. The summed E-state index contributed by atoms with van der Waals surface area (Å²) in [4.78, 5) is 13.0. The van der Waals surface area contributed by atoms with Crippen LogP contribution in [0.4, 0.5) is 0 Å². The summed E-state index contributed by atoms with van der Waals surface area (Å²) in [6, 6.07) is 1.93. The Morgan fingerprint density at radius 3 is 1.92 bits per heavy atom. The van der Waals surface area contributed by atoms with Gasteiger partial charge in [0.15, 0.2) is 5.78 Å². The van der Waals surface area contributed by atoms with Gasteiger partial charge < -0.3 is 15.3 Å². The molecule has 0 fully saturated rings. The van der Waals surface area contributed by atoms with Crippen molar-refractivity contribution >= 4 is 22.3 Å². The summed E-state index contributed by atoms with van der Waals surface area (Å²) in [6.45, 7) is 14.4. The van der Waals surface area contributed by atoms with Gasteiger partial charge in [-0.3, -0.25) is 4.79 Å². The number of fused-ring (bicyclic) bond motifs is 2. The molecule has 0 aliphatic heterocycles. The summed E-state index contributed by atoms with van der Waals surface area (Å²) < 4.78 is 0. The molecule has 0 heterocycles. The molecule has 0 radical (unpaired) electrons. The molecule has 0 bridgehead atoms. The number of carbonyl (C=O) groups excluding carboxylic acids is 1. The smallest absolute Gasteiger partial charge is 0.166 e. The Labute approximate surface area is 221 Å². The maximum Gasteiger partial charge on any atom is 0.166 e. The van der Waals surface area contributed by atoms with Crippen LogP contribution in [-0.2, 0) is 17.6 Å². The van der Waals surface area contributed by atoms with Crippen LogP contribution in [0.5, 0.6) is 11.5 Å². The second kappa shape index (κ2) is 11.9. The van der Waals surface area contributed by atoms with E-state index in [1.54, 1.807) is 0 Å². The molecule has 0 spiro atoms. The number of carbonyl (C=O) groups is 1. The van der Waals surface area contributed by atoms with Gasteiger partial charge in [-0.15, -0.1) is 0 Å². The molecular weight excluding hydrogens is 460 g/mol. The first kappa shape index (κ1) is 28.3. The normalized spacial score (nSPS) is 14.7. The van der Waals surface area contributed by atoms with Crippen molar-refractivity contribution in [3.05, 3.63) is 74.9 Å². The van der Waals surface area contributed by atoms with E-state index < -0.39 is 5.92 Å². The lowest BCUT2D eigenvalue weighted by molar-refractivity contribution is -0.116. The number of aromatic hydroxyl groups is 2. The Morgan fingerprint density at radius 1 is 0.811 bits per heavy atom. The molecule has 198 valence electrons. The second-order valence-electron chi connectivity index (χ2n) is 11.0. The standard InChI is InChI=1S/C33H42O4/c1-19(2)11-8-14-23-22(7)24(15-9-12-20(3)4)32(36)31-26(23)17-27-25(16-10-13-21(5)6)28(34)18-29(35)30(27)33(31)37/h11-13,17-18,25,35-37H,8-10,14-16H2,1-7H3/t25-/m1/s1. The van der Waals surface area contributed by atoms with Crippen molar-refractivity contribution < 1.29 is 20.1 Å². The average molecular weight is 503 g/mol. The van der Waals surface area contributed by atoms with Gasteiger partial charge in [0.2, 0.25) is 0 Å². The topological polar surface area (TPSA) is 77.8 Å². The van der Waals surface area contributed by atoms with Crippen LogP contribution in [0.3, 0.4) is 0 Å². The van der Waals surface area contributed by atoms with Crippen LogP contribution in [-0.4, -0.2) is 21.1 Å². The van der Waals surface area contributed by atoms with Gasteiger partial charge in [-0.1, -0.05) is 34.9 Å². The number of hydrogen-bond donors (Lipinski definition) is 3. The Bertz CT molecular complexity index is 1320. The molecule has 0 saturated heterocycles. The molecule has 1 aliphatic rings. The third-order valence-electron chi connectivity index (χ3n) is 7.24. The number of allylic oxidation sites excluding steroid dienone is 7. The molecule has 2 aromatic rings. The molecule has 37 heavy (non-hydrogen) atoms. The van der Waals surface area contributed by atoms with E-state index in [1.807, 2.05) is 26.8 Å². The zero-order chi connectivity index (χ0) is 27.4. The van der Waals surface area contributed by atoms with E-state index in [-0.39, 0.29) is 28.6 Å². The number of phenolic OH excluding ortho intramolecular Hbond substituents is 2. The number of benzene rings is 2. The van der Waals surface area contributed by atoms with E-state index in [9.17, 15) is 20.1 Å². The highest BCUT2D eigenvalue weighted by Gasteiger charge is 2.33. The molecule has 1 aliphatic carbocycles. The molecule has 0 aromatic heterocycles. The Hall–Kier alpha value is -3.27. The number of aliphatic hydroxyl groups excluding tert-OH is 1. The first-order valence-corrected chi connectivity index (χ1v) is 13.3. The Morgan fingerprint density at radius 2 is 1.35 bits per heavy atom. The fourth-order valence-corrected chi connectivity index (χ4v) is 5.36. The number of aryl methyl sites for hydroxylation is 1. The highest BCUT2D eigenvalue weighted by Crippen LogP contribution is 2.49. The molecule has 0 saturated carbocycles. The highest BCUT2D eigenvalue weighted by atomic mass is 16.3. The number of ketones is 1. The minimum atomic E-state index is -0.456. The number of aliphatic hydroxyl groups is 1. The van der Waals surface area contributed by atoms with Crippen molar-refractivity contribution in [3.63, 3.8) is 0 Å². The molecule has 4 heteroatoms. The largest absolute Gasteiger partial charge is 0.507 e. The highest BCUT2D eigenvalue weighted by molar-refractivity contribution is 6.09. The van der Waals surface area contributed by atoms with Crippen molar-refractivity contribution in [3.8, 4) is 11.5 Å². The monoisotopic (exact) mass is 502 g/mol. The van der Waals surface area contributed by atoms with Crippen molar-refractivity contribution in [2.24, 2.45) is 0 Å². The predicted molar refractivity (Wildman–Crippen MR) is 155 cm³/mol. The molecule has 3 N–H and O–H groups in total. The van der Waals surface area contributed by atoms with Crippen LogP contribution in [0.15, 0.2) is 47.1 Å². The van der Waals surface area contributed by atoms with Crippen LogP contribution < -0.4 is 0 Å². The van der Waals surface area contributed by atoms with Gasteiger partial charge in [0, 0.05) is 12.0 Å². The van der Waals surface area contributed by atoms with Crippen LogP contribution in [0, 0.1) is 6.92 Å². The minimum absolute atomic E-state index is 0.0618. The fourth-order valence-electron chi connectivity index (χ4n) is 5.36. The maximum atomic E-state index is 13.0. The Kier molecular flexibility index (Phi) is 9.07. The van der Waals surface area contributed by atoms with Crippen molar-refractivity contribution in [2.75, 3.05) is 0 Å². The molecular formula is C33H42O4. The van der Waals surface area contributed by atoms with Gasteiger partial charge in [-0.05, 0) is 121 Å². The molecule has 4 nitrogen and oxygen atoms in total. The summed E-state index contributed by atoms with van der Waals surface area (Å²) in [5, 5.41) is 34.9. The van der Waals surface area contributed by atoms with E-state index in [2.05, 4.69) is 45.9 Å². The predicted octanol–water partition coefficient (Wildman–Crippen LogP) is 8.67. The number of hydrogen-bond acceptors (Lipinski definition) is 4. The van der Waals surface area contributed by atoms with Gasteiger partial charge in [-0.2, -0.15) is 0 Å². The van der Waals surface area contributed by atoms with Gasteiger partial charge in [-0.25, -0.2) is 0 Å². The molecule has 1 atom stereocenters. The molecule has 0 unspecified atom stereocenters. The van der Waals surface area contributed by atoms with E-state index in [0.29, 0.717) is 23.8 Å². The zero-order valence-corrected chi connectivity index (χ0v) is 23.5. The Balaban J connectivity index is 2.30. The lowest BCUT2D eigenvalue weighted by Gasteiger charge is -2.26. The van der Waals surface area contributed by atoms with E-state index in [0.717, 1.165) is 47.8 Å². The minimum Gasteiger partial charge on any atom is -0.507 e. The molecule has 0 amide bonds. The van der Waals surface area contributed by atoms with Crippen molar-refractivity contribution in [1.82, 2.24) is 0 Å². The second-order valence-corrected chi connectivity index (χ2v) is 11.0. The van der Waals surface area contributed by atoms with Crippen LogP contribution in [0.1, 0.15) is 101 Å². The average Bonchev–Trinajstić information content (AvgIpc) is 2.79. The maximum absolute atomic E-state index is 13.0.